The molecule has 1 aromatic heterocycles. The maximum absolute atomic E-state index is 12.4. The van der Waals surface area contributed by atoms with Crippen molar-refractivity contribution < 1.29 is 9.57 Å². The minimum absolute atomic E-state index is 0.0696. The highest BCUT2D eigenvalue weighted by Crippen LogP contribution is 2.33. The van der Waals surface area contributed by atoms with Gasteiger partial charge >= 0.3 is 0 Å². The number of aryl methyl sites for hydroxylation is 1. The summed E-state index contributed by atoms with van der Waals surface area (Å²) in [6.07, 6.45) is 3.98. The van der Waals surface area contributed by atoms with Gasteiger partial charge in [-0.2, -0.15) is 0 Å². The molecule has 3 rings (SSSR count). The number of hydrogen-bond acceptors (Lipinski definition) is 6. The molecule has 2 heterocycles. The lowest BCUT2D eigenvalue weighted by molar-refractivity contribution is 0.109. The summed E-state index contributed by atoms with van der Waals surface area (Å²) >= 11 is 0. The second-order valence-corrected chi connectivity index (χ2v) is 7.54. The molecule has 158 valence electrons. The molecule has 0 spiro atoms. The molecule has 2 aromatic rings. The van der Waals surface area contributed by atoms with Crippen molar-refractivity contribution in [1.82, 2.24) is 9.55 Å². The predicted molar refractivity (Wildman–Crippen MR) is 118 cm³/mol. The number of rotatable bonds is 7. The highest BCUT2D eigenvalue weighted by Gasteiger charge is 2.29. The SMILES string of the molecule is C=C(Cn1cnc(/N=C\C)c(C)c1=O)O/N=C(\C)C1CO[C@@H](c2cccc(C)c2)C1. The molecule has 0 N–H and O–H groups in total. The van der Waals surface area contributed by atoms with Crippen molar-refractivity contribution in [3.8, 4) is 0 Å². The molecule has 1 aliphatic rings. The lowest BCUT2D eigenvalue weighted by Gasteiger charge is -2.11. The van der Waals surface area contributed by atoms with Gasteiger partial charge in [0.25, 0.3) is 5.56 Å². The smallest absolute Gasteiger partial charge is 0.258 e. The number of oxime groups is 1. The Kier molecular flexibility index (Phi) is 6.95. The fourth-order valence-electron chi connectivity index (χ4n) is 3.40. The molecule has 1 aliphatic heterocycles. The molecule has 2 atom stereocenters. The van der Waals surface area contributed by atoms with Crippen LogP contribution in [-0.2, 0) is 16.1 Å². The van der Waals surface area contributed by atoms with Crippen molar-refractivity contribution in [1.29, 1.82) is 0 Å². The van der Waals surface area contributed by atoms with Gasteiger partial charge in [-0.3, -0.25) is 9.36 Å². The second kappa shape index (κ2) is 9.63. The Hall–Kier alpha value is -3.06. The van der Waals surface area contributed by atoms with E-state index in [0.29, 0.717) is 23.7 Å². The van der Waals surface area contributed by atoms with E-state index in [-0.39, 0.29) is 24.1 Å². The van der Waals surface area contributed by atoms with Crippen LogP contribution in [0.4, 0.5) is 5.82 Å². The van der Waals surface area contributed by atoms with Crippen LogP contribution in [0.25, 0.3) is 0 Å². The first kappa shape index (κ1) is 21.6. The molecule has 0 amide bonds. The van der Waals surface area contributed by atoms with Gasteiger partial charge in [0.2, 0.25) is 0 Å². The largest absolute Gasteiger partial charge is 0.373 e. The molecule has 30 heavy (non-hydrogen) atoms. The lowest BCUT2D eigenvalue weighted by atomic mass is 9.97. The average Bonchev–Trinajstić information content (AvgIpc) is 3.22. The first-order valence-electron chi connectivity index (χ1n) is 10.0. The van der Waals surface area contributed by atoms with Gasteiger partial charge in [0, 0.05) is 12.1 Å². The Bertz CT molecular complexity index is 1040. The van der Waals surface area contributed by atoms with Gasteiger partial charge < -0.3 is 9.57 Å². The number of ether oxygens (including phenoxy) is 1. The van der Waals surface area contributed by atoms with Gasteiger partial charge in [-0.05, 0) is 39.7 Å². The van der Waals surface area contributed by atoms with Gasteiger partial charge in [-0.15, -0.1) is 0 Å². The molecule has 0 saturated carbocycles. The molecule has 7 heteroatoms. The van der Waals surface area contributed by atoms with Crippen molar-refractivity contribution >= 4 is 17.7 Å². The summed E-state index contributed by atoms with van der Waals surface area (Å²) in [7, 11) is 0. The molecule has 0 aliphatic carbocycles. The molecule has 1 unspecified atom stereocenters. The summed E-state index contributed by atoms with van der Waals surface area (Å²) in [6.45, 7) is 12.1. The Balaban J connectivity index is 1.59. The van der Waals surface area contributed by atoms with E-state index in [1.54, 1.807) is 20.1 Å². The van der Waals surface area contributed by atoms with E-state index in [2.05, 4.69) is 52.9 Å². The van der Waals surface area contributed by atoms with Crippen LogP contribution >= 0.6 is 0 Å². The van der Waals surface area contributed by atoms with Gasteiger partial charge in [0.1, 0.15) is 12.1 Å². The zero-order chi connectivity index (χ0) is 21.7. The number of allylic oxidation sites excluding steroid dienone is 1. The van der Waals surface area contributed by atoms with Crippen molar-refractivity contribution in [2.75, 3.05) is 6.61 Å². The minimum Gasteiger partial charge on any atom is -0.373 e. The monoisotopic (exact) mass is 408 g/mol. The summed E-state index contributed by atoms with van der Waals surface area (Å²) in [5.74, 6) is 0.961. The van der Waals surface area contributed by atoms with E-state index in [1.165, 1.54) is 22.0 Å². The van der Waals surface area contributed by atoms with E-state index in [0.717, 1.165) is 12.1 Å². The minimum atomic E-state index is -0.179. The van der Waals surface area contributed by atoms with Crippen molar-refractivity contribution in [3.05, 3.63) is 70.0 Å². The van der Waals surface area contributed by atoms with Crippen molar-refractivity contribution in [3.63, 3.8) is 0 Å². The summed E-state index contributed by atoms with van der Waals surface area (Å²) in [6, 6.07) is 8.38. The molecule has 7 nitrogen and oxygen atoms in total. The van der Waals surface area contributed by atoms with Crippen LogP contribution in [0.1, 0.15) is 43.1 Å². The number of nitrogens with zero attached hydrogens (tertiary/aromatic N) is 4. The molecular formula is C23H28N4O3. The summed E-state index contributed by atoms with van der Waals surface area (Å²) < 4.78 is 7.40. The van der Waals surface area contributed by atoms with Crippen LogP contribution in [0.5, 0.6) is 0 Å². The predicted octanol–water partition coefficient (Wildman–Crippen LogP) is 4.27. The highest BCUT2D eigenvalue weighted by molar-refractivity contribution is 5.84. The van der Waals surface area contributed by atoms with Gasteiger partial charge in [0.15, 0.2) is 5.82 Å². The molecule has 0 radical (unpaired) electrons. The molecule has 1 aromatic carbocycles. The normalized spacial score (nSPS) is 19.4. The number of aliphatic imine (C=N–C) groups is 1. The van der Waals surface area contributed by atoms with Crippen LogP contribution in [0, 0.1) is 19.8 Å². The number of aromatic nitrogens is 2. The zero-order valence-corrected chi connectivity index (χ0v) is 18.0. The quantitative estimate of drug-likeness (QED) is 0.389. The molecule has 1 fully saturated rings. The summed E-state index contributed by atoms with van der Waals surface area (Å²) in [5, 5.41) is 4.22. The van der Waals surface area contributed by atoms with E-state index in [9.17, 15) is 4.79 Å². The van der Waals surface area contributed by atoms with E-state index >= 15 is 0 Å². The third kappa shape index (κ3) is 5.10. The van der Waals surface area contributed by atoms with Crippen molar-refractivity contribution in [2.45, 2.75) is 46.8 Å². The first-order valence-corrected chi connectivity index (χ1v) is 10.0. The maximum Gasteiger partial charge on any atom is 0.258 e. The van der Waals surface area contributed by atoms with Crippen LogP contribution in [0.2, 0.25) is 0 Å². The Morgan fingerprint density at radius 3 is 2.97 bits per heavy atom. The standard InChI is InChI=1S/C23H28N4O3/c1-6-24-22-17(4)23(28)27(14-25-22)12-16(3)30-26-18(5)20-11-21(29-13-20)19-9-7-8-15(2)10-19/h6-10,14,20-21H,3,11-13H2,1-2,4-5H3/b24-6-,26-18+/t20?,21-/m1/s1. The fraction of sp³-hybridized carbons (Fsp3) is 0.391. The van der Waals surface area contributed by atoms with Gasteiger partial charge in [-0.25, -0.2) is 9.98 Å². The number of hydrogen-bond donors (Lipinski definition) is 0. The highest BCUT2D eigenvalue weighted by atomic mass is 16.6. The van der Waals surface area contributed by atoms with Crippen molar-refractivity contribution in [2.24, 2.45) is 16.1 Å². The van der Waals surface area contributed by atoms with Gasteiger partial charge in [-0.1, -0.05) is 41.6 Å². The summed E-state index contributed by atoms with van der Waals surface area (Å²) in [4.78, 5) is 26.2. The Morgan fingerprint density at radius 1 is 1.43 bits per heavy atom. The Labute approximate surface area is 176 Å². The van der Waals surface area contributed by atoms with E-state index in [1.807, 2.05) is 6.92 Å². The maximum atomic E-state index is 12.4. The van der Waals surface area contributed by atoms with Crippen LogP contribution < -0.4 is 5.56 Å². The Morgan fingerprint density at radius 2 is 2.23 bits per heavy atom. The van der Waals surface area contributed by atoms with E-state index in [4.69, 9.17) is 9.57 Å². The topological polar surface area (TPSA) is 78.1 Å². The van der Waals surface area contributed by atoms with Crippen LogP contribution in [-0.4, -0.2) is 28.1 Å². The third-order valence-electron chi connectivity index (χ3n) is 5.16. The molecule has 0 bridgehead atoms. The van der Waals surface area contributed by atoms with E-state index < -0.39 is 0 Å². The summed E-state index contributed by atoms with van der Waals surface area (Å²) in [5.41, 5.74) is 3.56. The van der Waals surface area contributed by atoms with Crippen LogP contribution in [0.15, 0.2) is 57.9 Å². The fourth-order valence-corrected chi connectivity index (χ4v) is 3.40. The van der Waals surface area contributed by atoms with Crippen LogP contribution in [0.3, 0.4) is 0 Å². The average molecular weight is 409 g/mol. The lowest BCUT2D eigenvalue weighted by Crippen LogP contribution is -2.23. The van der Waals surface area contributed by atoms with Gasteiger partial charge in [0.05, 0.1) is 30.5 Å². The molecular weight excluding hydrogens is 380 g/mol. The number of benzene rings is 1. The third-order valence-corrected chi connectivity index (χ3v) is 5.16. The molecule has 1 saturated heterocycles. The second-order valence-electron chi connectivity index (χ2n) is 7.54. The zero-order valence-electron chi connectivity index (χ0n) is 18.0. The first-order chi connectivity index (χ1) is 14.4.